The summed E-state index contributed by atoms with van der Waals surface area (Å²) in [5, 5.41) is 38.7. The molecule has 0 saturated carbocycles. The summed E-state index contributed by atoms with van der Waals surface area (Å²) >= 11 is 0. The summed E-state index contributed by atoms with van der Waals surface area (Å²) in [5.74, 6) is -0.0926. The maximum atomic E-state index is 11.5. The molecule has 9 nitrogen and oxygen atoms in total. The first kappa shape index (κ1) is 17.9. The third-order valence-corrected chi connectivity index (χ3v) is 3.68. The van der Waals surface area contributed by atoms with Gasteiger partial charge in [0.1, 0.15) is 35.9 Å². The van der Waals surface area contributed by atoms with Gasteiger partial charge < -0.3 is 39.4 Å². The number of ketones is 1. The largest absolute Gasteiger partial charge is 0.498 e. The van der Waals surface area contributed by atoms with E-state index in [1.54, 1.807) is 0 Å². The molecule has 5 unspecified atom stereocenters. The number of aliphatic hydroxyl groups excluding tert-OH is 4. The first-order valence-corrected chi connectivity index (χ1v) is 6.94. The van der Waals surface area contributed by atoms with Crippen molar-refractivity contribution >= 4 is 5.78 Å². The number of rotatable bonds is 5. The summed E-state index contributed by atoms with van der Waals surface area (Å²) in [5.41, 5.74) is 0. The topological polar surface area (TPSA) is 135 Å². The van der Waals surface area contributed by atoms with Gasteiger partial charge in [-0.3, -0.25) is 4.79 Å². The minimum absolute atomic E-state index is 0.131. The Kier molecular flexibility index (Phi) is 5.74. The van der Waals surface area contributed by atoms with Crippen LogP contribution in [0.15, 0.2) is 23.7 Å². The molecule has 2 aliphatic rings. The first-order valence-electron chi connectivity index (χ1n) is 6.94. The Morgan fingerprint density at radius 3 is 2.09 bits per heavy atom. The van der Waals surface area contributed by atoms with Gasteiger partial charge in [-0.05, 0) is 0 Å². The second-order valence-corrected chi connectivity index (χ2v) is 5.12. The quantitative estimate of drug-likeness (QED) is 0.443. The number of ether oxygens (including phenoxy) is 4. The molecule has 9 heteroatoms. The van der Waals surface area contributed by atoms with Crippen molar-refractivity contribution < 1.29 is 44.2 Å². The third kappa shape index (κ3) is 3.55. The van der Waals surface area contributed by atoms with Crippen LogP contribution in [0.25, 0.3) is 0 Å². The monoisotopic (exact) mass is 332 g/mol. The van der Waals surface area contributed by atoms with Crippen molar-refractivity contribution in [2.24, 2.45) is 0 Å². The minimum Gasteiger partial charge on any atom is -0.498 e. The fraction of sp³-hybridized carbons (Fsp3) is 0.643. The zero-order valence-electron chi connectivity index (χ0n) is 12.7. The predicted octanol–water partition coefficient (Wildman–Crippen LogP) is -2.19. The van der Waals surface area contributed by atoms with Crippen LogP contribution in [0.1, 0.15) is 0 Å². The normalized spacial score (nSPS) is 35.6. The fourth-order valence-electron chi connectivity index (χ4n) is 2.39. The molecule has 23 heavy (non-hydrogen) atoms. The third-order valence-electron chi connectivity index (χ3n) is 3.68. The summed E-state index contributed by atoms with van der Waals surface area (Å²) in [7, 11) is 2.67. The smallest absolute Gasteiger partial charge is 0.188 e. The van der Waals surface area contributed by atoms with Crippen molar-refractivity contribution in [1.82, 2.24) is 0 Å². The Labute approximate surface area is 132 Å². The second-order valence-electron chi connectivity index (χ2n) is 5.12. The van der Waals surface area contributed by atoms with E-state index in [0.717, 1.165) is 0 Å². The average molecular weight is 332 g/mol. The van der Waals surface area contributed by atoms with E-state index >= 15 is 0 Å². The highest BCUT2D eigenvalue weighted by Crippen LogP contribution is 2.28. The van der Waals surface area contributed by atoms with Crippen molar-refractivity contribution in [3.8, 4) is 0 Å². The van der Waals surface area contributed by atoms with Crippen LogP contribution in [0.5, 0.6) is 0 Å². The number of hydrogen-bond acceptors (Lipinski definition) is 9. The summed E-state index contributed by atoms with van der Waals surface area (Å²) in [6.07, 6.45) is -5.70. The Bertz CT molecular complexity index is 474. The van der Waals surface area contributed by atoms with Gasteiger partial charge in [0.05, 0.1) is 20.8 Å². The Morgan fingerprint density at radius 1 is 1.04 bits per heavy atom. The lowest BCUT2D eigenvalue weighted by atomic mass is 9.99. The minimum atomic E-state index is -1.57. The molecule has 4 N–H and O–H groups in total. The number of carbonyl (C=O) groups excluding carboxylic acids is 1. The molecule has 0 aromatic heterocycles. The van der Waals surface area contributed by atoms with Crippen LogP contribution in [0.4, 0.5) is 0 Å². The van der Waals surface area contributed by atoms with Crippen LogP contribution in [0, 0.1) is 0 Å². The van der Waals surface area contributed by atoms with Crippen LogP contribution in [0.3, 0.4) is 0 Å². The van der Waals surface area contributed by atoms with Gasteiger partial charge in [-0.2, -0.15) is 0 Å². The number of hydrogen-bond donors (Lipinski definition) is 4. The summed E-state index contributed by atoms with van der Waals surface area (Å²) < 4.78 is 21.0. The maximum Gasteiger partial charge on any atom is 0.188 e. The van der Waals surface area contributed by atoms with Crippen molar-refractivity contribution in [3.63, 3.8) is 0 Å². The molecule has 1 aliphatic carbocycles. The molecule has 0 aromatic rings. The van der Waals surface area contributed by atoms with Crippen molar-refractivity contribution in [2.75, 3.05) is 20.8 Å². The molecule has 0 aromatic carbocycles. The van der Waals surface area contributed by atoms with E-state index in [1.807, 2.05) is 0 Å². The van der Waals surface area contributed by atoms with Gasteiger partial charge in [-0.1, -0.05) is 0 Å². The van der Waals surface area contributed by atoms with Gasteiger partial charge in [-0.15, -0.1) is 0 Å². The van der Waals surface area contributed by atoms with Crippen LogP contribution in [0.2, 0.25) is 0 Å². The Morgan fingerprint density at radius 2 is 1.61 bits per heavy atom. The second kappa shape index (κ2) is 7.39. The maximum absolute atomic E-state index is 11.5. The molecule has 2 rings (SSSR count). The lowest BCUT2D eigenvalue weighted by Gasteiger charge is -2.41. The van der Waals surface area contributed by atoms with Crippen LogP contribution in [-0.2, 0) is 23.7 Å². The van der Waals surface area contributed by atoms with Crippen LogP contribution >= 0.6 is 0 Å². The molecule has 0 bridgehead atoms. The highest BCUT2D eigenvalue weighted by Gasteiger charge is 2.46. The van der Waals surface area contributed by atoms with Crippen molar-refractivity contribution in [2.45, 2.75) is 36.8 Å². The van der Waals surface area contributed by atoms with E-state index in [-0.39, 0.29) is 17.3 Å². The SMILES string of the molecule is COC1=CC(=O)C=C(OC)C1OC1OC(CO)C(O)C(O)C1O. The summed E-state index contributed by atoms with van der Waals surface area (Å²) in [6, 6.07) is 0. The molecule has 1 heterocycles. The number of aliphatic hydroxyl groups is 4. The highest BCUT2D eigenvalue weighted by molar-refractivity contribution is 6.01. The molecule has 0 radical (unpaired) electrons. The summed E-state index contributed by atoms with van der Waals surface area (Å²) in [6.45, 7) is -0.575. The lowest BCUT2D eigenvalue weighted by molar-refractivity contribution is -0.309. The predicted molar refractivity (Wildman–Crippen MR) is 73.8 cm³/mol. The number of carbonyl (C=O) groups is 1. The van der Waals surface area contributed by atoms with Gasteiger partial charge in [0.2, 0.25) is 0 Å². The first-order chi connectivity index (χ1) is 10.9. The van der Waals surface area contributed by atoms with E-state index in [1.165, 1.54) is 26.4 Å². The summed E-state index contributed by atoms with van der Waals surface area (Å²) in [4.78, 5) is 11.5. The standard InChI is InChI=1S/C14H20O9/c1-20-7-3-6(16)4-8(21-2)13(7)23-14-12(19)11(18)10(17)9(5-15)22-14/h3-4,9-15,17-19H,5H2,1-2H3. The molecule has 1 saturated heterocycles. The van der Waals surface area contributed by atoms with Gasteiger partial charge in [-0.25, -0.2) is 0 Å². The van der Waals surface area contributed by atoms with Gasteiger partial charge in [0.15, 0.2) is 18.2 Å². The number of allylic oxidation sites excluding steroid dienone is 2. The zero-order valence-corrected chi connectivity index (χ0v) is 12.7. The Hall–Kier alpha value is -1.49. The molecule has 1 fully saturated rings. The molecular formula is C14H20O9. The average Bonchev–Trinajstić information content (AvgIpc) is 2.55. The van der Waals surface area contributed by atoms with Gasteiger partial charge >= 0.3 is 0 Å². The van der Waals surface area contributed by atoms with Crippen molar-refractivity contribution in [3.05, 3.63) is 23.7 Å². The highest BCUT2D eigenvalue weighted by atomic mass is 16.7. The van der Waals surface area contributed by atoms with E-state index in [9.17, 15) is 25.2 Å². The van der Waals surface area contributed by atoms with E-state index in [4.69, 9.17) is 18.9 Å². The van der Waals surface area contributed by atoms with Gasteiger partial charge in [0.25, 0.3) is 0 Å². The fourth-order valence-corrected chi connectivity index (χ4v) is 2.39. The molecule has 1 aliphatic heterocycles. The van der Waals surface area contributed by atoms with Gasteiger partial charge in [0, 0.05) is 12.2 Å². The number of methoxy groups -OCH3 is 2. The van der Waals surface area contributed by atoms with E-state index in [2.05, 4.69) is 0 Å². The Balaban J connectivity index is 2.20. The zero-order chi connectivity index (χ0) is 17.1. The molecule has 130 valence electrons. The molecule has 0 amide bonds. The molecule has 0 spiro atoms. The lowest BCUT2D eigenvalue weighted by Crippen LogP contribution is -2.59. The van der Waals surface area contributed by atoms with Crippen LogP contribution in [-0.4, -0.2) is 83.8 Å². The molecular weight excluding hydrogens is 312 g/mol. The van der Waals surface area contributed by atoms with E-state index in [0.29, 0.717) is 0 Å². The van der Waals surface area contributed by atoms with E-state index < -0.39 is 43.4 Å². The van der Waals surface area contributed by atoms with Crippen molar-refractivity contribution in [1.29, 1.82) is 0 Å². The van der Waals surface area contributed by atoms with Crippen LogP contribution < -0.4 is 0 Å². The molecule has 5 atom stereocenters.